The van der Waals surface area contributed by atoms with Gasteiger partial charge in [0.2, 0.25) is 0 Å². The van der Waals surface area contributed by atoms with Crippen molar-refractivity contribution in [2.75, 3.05) is 13.1 Å². The number of carboxylic acids is 1. The molecule has 80 valence electrons. The third-order valence-electron chi connectivity index (χ3n) is 3.80. The van der Waals surface area contributed by atoms with Gasteiger partial charge in [0, 0.05) is 19.1 Å². The normalized spacial score (nSPS) is 36.7. The zero-order chi connectivity index (χ0) is 10.3. The van der Waals surface area contributed by atoms with Crippen LogP contribution in [-0.2, 0) is 4.79 Å². The van der Waals surface area contributed by atoms with Gasteiger partial charge in [-0.3, -0.25) is 9.69 Å². The van der Waals surface area contributed by atoms with E-state index in [1.165, 1.54) is 19.3 Å². The van der Waals surface area contributed by atoms with Crippen molar-refractivity contribution >= 4 is 5.97 Å². The number of nitrogens with zero attached hydrogens (tertiary/aromatic N) is 1. The smallest absolute Gasteiger partial charge is 0.311 e. The minimum Gasteiger partial charge on any atom is -0.481 e. The van der Waals surface area contributed by atoms with E-state index in [2.05, 4.69) is 11.8 Å². The van der Waals surface area contributed by atoms with Gasteiger partial charge >= 0.3 is 5.97 Å². The molecule has 2 atom stereocenters. The number of hydrogen-bond acceptors (Lipinski definition) is 2. The third kappa shape index (κ3) is 1.54. The van der Waals surface area contributed by atoms with Gasteiger partial charge in [-0.1, -0.05) is 6.92 Å². The van der Waals surface area contributed by atoms with E-state index in [-0.39, 0.29) is 0 Å². The van der Waals surface area contributed by atoms with Crippen molar-refractivity contribution < 1.29 is 9.90 Å². The highest BCUT2D eigenvalue weighted by Gasteiger charge is 2.48. The molecule has 2 rings (SSSR count). The van der Waals surface area contributed by atoms with E-state index >= 15 is 0 Å². The lowest BCUT2D eigenvalue weighted by atomic mass is 9.80. The highest BCUT2D eigenvalue weighted by atomic mass is 16.4. The Hall–Kier alpha value is -0.570. The lowest BCUT2D eigenvalue weighted by molar-refractivity contribution is -0.160. The predicted octanol–water partition coefficient (Wildman–Crippen LogP) is 1.58. The molecule has 0 amide bonds. The molecule has 0 spiro atoms. The van der Waals surface area contributed by atoms with Gasteiger partial charge in [-0.2, -0.15) is 0 Å². The maximum atomic E-state index is 10.9. The van der Waals surface area contributed by atoms with Gasteiger partial charge in [-0.25, -0.2) is 0 Å². The molecule has 1 saturated heterocycles. The lowest BCUT2D eigenvalue weighted by Crippen LogP contribution is -2.61. The SMILES string of the molecule is CC1CCC(N2CC(C)(C(=O)O)C2)C1. The van der Waals surface area contributed by atoms with Crippen LogP contribution in [0.3, 0.4) is 0 Å². The summed E-state index contributed by atoms with van der Waals surface area (Å²) >= 11 is 0. The molecule has 1 heterocycles. The lowest BCUT2D eigenvalue weighted by Gasteiger charge is -2.48. The van der Waals surface area contributed by atoms with E-state index in [0.29, 0.717) is 6.04 Å². The highest BCUT2D eigenvalue weighted by Crippen LogP contribution is 2.38. The fourth-order valence-corrected chi connectivity index (χ4v) is 2.75. The second kappa shape index (κ2) is 3.23. The molecule has 1 aliphatic carbocycles. The van der Waals surface area contributed by atoms with Crippen LogP contribution in [-0.4, -0.2) is 35.1 Å². The van der Waals surface area contributed by atoms with Crippen molar-refractivity contribution in [1.29, 1.82) is 0 Å². The number of likely N-dealkylation sites (tertiary alicyclic amines) is 1. The van der Waals surface area contributed by atoms with Crippen LogP contribution in [0.15, 0.2) is 0 Å². The molecule has 0 aromatic rings. The van der Waals surface area contributed by atoms with Crippen LogP contribution in [0.4, 0.5) is 0 Å². The summed E-state index contributed by atoms with van der Waals surface area (Å²) in [6.45, 7) is 5.64. The van der Waals surface area contributed by atoms with Gasteiger partial charge in [-0.05, 0) is 32.1 Å². The first-order chi connectivity index (χ1) is 6.51. The van der Waals surface area contributed by atoms with Crippen LogP contribution in [0.25, 0.3) is 0 Å². The van der Waals surface area contributed by atoms with E-state index in [4.69, 9.17) is 5.11 Å². The van der Waals surface area contributed by atoms with Gasteiger partial charge in [0.05, 0.1) is 5.41 Å². The molecule has 2 fully saturated rings. The van der Waals surface area contributed by atoms with Crippen LogP contribution in [0.2, 0.25) is 0 Å². The fourth-order valence-electron chi connectivity index (χ4n) is 2.75. The molecular formula is C11H19NO2. The quantitative estimate of drug-likeness (QED) is 0.730. The monoisotopic (exact) mass is 197 g/mol. The molecule has 1 saturated carbocycles. The molecule has 2 aliphatic rings. The molecule has 1 aliphatic heterocycles. The van der Waals surface area contributed by atoms with Crippen molar-refractivity contribution in [1.82, 2.24) is 4.90 Å². The maximum Gasteiger partial charge on any atom is 0.311 e. The van der Waals surface area contributed by atoms with E-state index in [0.717, 1.165) is 19.0 Å². The number of aliphatic carboxylic acids is 1. The van der Waals surface area contributed by atoms with Gasteiger partial charge < -0.3 is 5.11 Å². The number of rotatable bonds is 2. The topological polar surface area (TPSA) is 40.5 Å². The van der Waals surface area contributed by atoms with Crippen LogP contribution in [0.1, 0.15) is 33.1 Å². The molecule has 3 heteroatoms. The summed E-state index contributed by atoms with van der Waals surface area (Å²) in [6.07, 6.45) is 3.83. The first-order valence-corrected chi connectivity index (χ1v) is 5.49. The van der Waals surface area contributed by atoms with E-state index < -0.39 is 11.4 Å². The van der Waals surface area contributed by atoms with Gasteiger partial charge in [0.15, 0.2) is 0 Å². The standard InChI is InChI=1S/C11H19NO2/c1-8-3-4-9(5-8)12-6-11(2,7-12)10(13)14/h8-9H,3-7H2,1-2H3,(H,13,14). The number of hydrogen-bond donors (Lipinski definition) is 1. The zero-order valence-electron chi connectivity index (χ0n) is 8.99. The molecule has 2 unspecified atom stereocenters. The minimum absolute atomic E-state index is 0.466. The molecule has 0 radical (unpaired) electrons. The van der Waals surface area contributed by atoms with Crippen molar-refractivity contribution in [3.05, 3.63) is 0 Å². The summed E-state index contributed by atoms with van der Waals surface area (Å²) in [7, 11) is 0. The highest BCUT2D eigenvalue weighted by molar-refractivity contribution is 5.76. The van der Waals surface area contributed by atoms with Crippen LogP contribution >= 0.6 is 0 Å². The molecule has 1 N–H and O–H groups in total. The molecule has 3 nitrogen and oxygen atoms in total. The first-order valence-electron chi connectivity index (χ1n) is 5.49. The Labute approximate surface area is 85.1 Å². The average Bonchev–Trinajstić information content (AvgIpc) is 2.45. The van der Waals surface area contributed by atoms with Crippen molar-refractivity contribution in [3.8, 4) is 0 Å². The van der Waals surface area contributed by atoms with E-state index in [1.54, 1.807) is 0 Å². The minimum atomic E-state index is -0.639. The number of carbonyl (C=O) groups is 1. The second-order valence-electron chi connectivity index (χ2n) is 5.34. The maximum absolute atomic E-state index is 10.9. The Morgan fingerprint density at radius 1 is 1.43 bits per heavy atom. The Morgan fingerprint density at radius 2 is 2.07 bits per heavy atom. The molecule has 0 aromatic carbocycles. The third-order valence-corrected chi connectivity index (χ3v) is 3.80. The first kappa shape index (κ1) is 9.97. The van der Waals surface area contributed by atoms with E-state index in [9.17, 15) is 4.79 Å². The van der Waals surface area contributed by atoms with Crippen molar-refractivity contribution in [2.45, 2.75) is 39.2 Å². The van der Waals surface area contributed by atoms with Crippen LogP contribution in [0, 0.1) is 11.3 Å². The van der Waals surface area contributed by atoms with Crippen molar-refractivity contribution in [2.24, 2.45) is 11.3 Å². The molecule has 0 bridgehead atoms. The fraction of sp³-hybridized carbons (Fsp3) is 0.909. The summed E-state index contributed by atoms with van der Waals surface area (Å²) in [5.41, 5.74) is -0.466. The summed E-state index contributed by atoms with van der Waals surface area (Å²) in [5.74, 6) is 0.191. The Bertz CT molecular complexity index is 246. The van der Waals surface area contributed by atoms with Crippen LogP contribution < -0.4 is 0 Å². The average molecular weight is 197 g/mol. The molecule has 14 heavy (non-hydrogen) atoms. The Kier molecular flexibility index (Phi) is 2.30. The summed E-state index contributed by atoms with van der Waals surface area (Å²) in [6, 6.07) is 0.664. The Morgan fingerprint density at radius 3 is 2.50 bits per heavy atom. The van der Waals surface area contributed by atoms with E-state index in [1.807, 2.05) is 6.92 Å². The van der Waals surface area contributed by atoms with Gasteiger partial charge in [0.25, 0.3) is 0 Å². The summed E-state index contributed by atoms with van der Waals surface area (Å²) < 4.78 is 0. The summed E-state index contributed by atoms with van der Waals surface area (Å²) in [5, 5.41) is 8.98. The zero-order valence-corrected chi connectivity index (χ0v) is 8.99. The predicted molar refractivity (Wildman–Crippen MR) is 54.1 cm³/mol. The summed E-state index contributed by atoms with van der Waals surface area (Å²) in [4.78, 5) is 13.2. The van der Waals surface area contributed by atoms with Crippen molar-refractivity contribution in [3.63, 3.8) is 0 Å². The Balaban J connectivity index is 1.86. The van der Waals surface area contributed by atoms with Crippen LogP contribution in [0.5, 0.6) is 0 Å². The molecule has 0 aromatic heterocycles. The second-order valence-corrected chi connectivity index (χ2v) is 5.34. The van der Waals surface area contributed by atoms with Gasteiger partial charge in [-0.15, -0.1) is 0 Å². The number of carboxylic acid groups (broad SMARTS) is 1. The molecular weight excluding hydrogens is 178 g/mol. The largest absolute Gasteiger partial charge is 0.481 e. The van der Waals surface area contributed by atoms with Gasteiger partial charge in [0.1, 0.15) is 0 Å².